The monoisotopic (exact) mass is 496 g/mol. The molecule has 0 bridgehead atoms. The molecule has 0 aliphatic carbocycles. The molecule has 0 aliphatic heterocycles. The summed E-state index contributed by atoms with van der Waals surface area (Å²) in [6.45, 7) is 2.22. The Hall–Kier alpha value is -2.83. The maximum atomic E-state index is 11.4. The van der Waals surface area contributed by atoms with Crippen molar-refractivity contribution < 1.29 is 24.9 Å². The smallest absolute Gasteiger partial charge is 0.335 e. The summed E-state index contributed by atoms with van der Waals surface area (Å²) in [6, 6.07) is 12.8. The molecule has 2 atom stereocenters. The molecule has 0 radical (unpaired) electrons. The average molecular weight is 497 g/mol. The van der Waals surface area contributed by atoms with E-state index >= 15 is 0 Å². The predicted octanol–water partition coefficient (Wildman–Crippen LogP) is 7.53. The molecule has 0 saturated carbocycles. The van der Waals surface area contributed by atoms with Crippen LogP contribution in [0, 0.1) is 0 Å². The van der Waals surface area contributed by atoms with Crippen LogP contribution >= 0.6 is 11.8 Å². The molecule has 35 heavy (non-hydrogen) atoms. The highest BCUT2D eigenvalue weighted by atomic mass is 32.2. The van der Waals surface area contributed by atoms with E-state index in [-0.39, 0.29) is 11.1 Å². The highest BCUT2D eigenvalue weighted by Gasteiger charge is 2.21. The molecule has 5 nitrogen and oxygen atoms in total. The molecular weight excluding hydrogens is 460 g/mol. The number of unbranched alkanes of at least 4 members (excludes halogenated alkanes) is 7. The van der Waals surface area contributed by atoms with Gasteiger partial charge in [0.05, 0.1) is 22.5 Å². The van der Waals surface area contributed by atoms with Gasteiger partial charge in [-0.3, -0.25) is 0 Å². The number of aromatic carboxylic acids is 2. The first-order valence-corrected chi connectivity index (χ1v) is 13.1. The maximum Gasteiger partial charge on any atom is 0.335 e. The van der Waals surface area contributed by atoms with Crippen LogP contribution in [-0.4, -0.2) is 32.5 Å². The molecule has 0 heterocycles. The summed E-state index contributed by atoms with van der Waals surface area (Å²) in [4.78, 5) is 23.4. The predicted molar refractivity (Wildman–Crippen MR) is 142 cm³/mol. The summed E-state index contributed by atoms with van der Waals surface area (Å²) in [5, 5.41) is 29.2. The molecule has 0 spiro atoms. The molecule has 0 amide bonds. The normalized spacial score (nSPS) is 13.3. The number of carbonyl (C=O) groups is 2. The molecule has 0 aliphatic rings. The zero-order valence-electron chi connectivity index (χ0n) is 20.3. The largest absolute Gasteiger partial charge is 0.478 e. The fraction of sp³-hybridized carbons (Fsp3) is 0.379. The van der Waals surface area contributed by atoms with Gasteiger partial charge < -0.3 is 15.3 Å². The van der Waals surface area contributed by atoms with E-state index in [1.165, 1.54) is 68.5 Å². The summed E-state index contributed by atoms with van der Waals surface area (Å²) >= 11 is 1.34. The first-order chi connectivity index (χ1) is 16.9. The van der Waals surface area contributed by atoms with E-state index in [1.54, 1.807) is 30.3 Å². The molecule has 2 aromatic carbocycles. The van der Waals surface area contributed by atoms with Gasteiger partial charge in [-0.2, -0.15) is 0 Å². The summed E-state index contributed by atoms with van der Waals surface area (Å²) in [6.07, 6.45) is 16.8. The Balaban J connectivity index is 2.06. The van der Waals surface area contributed by atoms with Gasteiger partial charge in [0.1, 0.15) is 0 Å². The van der Waals surface area contributed by atoms with Crippen molar-refractivity contribution in [2.45, 2.75) is 74.5 Å². The Morgan fingerprint density at radius 1 is 0.857 bits per heavy atom. The molecule has 2 rings (SSSR count). The fourth-order valence-electron chi connectivity index (χ4n) is 3.68. The fourth-order valence-corrected chi connectivity index (χ4v) is 4.80. The topological polar surface area (TPSA) is 94.8 Å². The molecule has 3 N–H and O–H groups in total. The van der Waals surface area contributed by atoms with Crippen molar-refractivity contribution in [1.82, 2.24) is 0 Å². The number of carboxylic acid groups (broad SMARTS) is 2. The molecule has 0 aromatic heterocycles. The van der Waals surface area contributed by atoms with Crippen molar-refractivity contribution in [3.8, 4) is 0 Å². The van der Waals surface area contributed by atoms with Gasteiger partial charge in [-0.15, -0.1) is 11.8 Å². The molecule has 2 aromatic rings. The highest BCUT2D eigenvalue weighted by Crippen LogP contribution is 2.34. The van der Waals surface area contributed by atoms with Crippen molar-refractivity contribution in [2.75, 3.05) is 0 Å². The van der Waals surface area contributed by atoms with Crippen LogP contribution in [0.3, 0.4) is 0 Å². The van der Waals surface area contributed by atoms with Gasteiger partial charge in [-0.1, -0.05) is 88.0 Å². The van der Waals surface area contributed by atoms with Gasteiger partial charge in [0.15, 0.2) is 0 Å². The van der Waals surface area contributed by atoms with E-state index < -0.39 is 23.3 Å². The number of rotatable bonds is 16. The van der Waals surface area contributed by atoms with Crippen LogP contribution in [0.2, 0.25) is 0 Å². The van der Waals surface area contributed by atoms with Crippen LogP contribution in [0.4, 0.5) is 0 Å². The van der Waals surface area contributed by atoms with E-state index in [1.807, 2.05) is 18.2 Å². The van der Waals surface area contributed by atoms with Crippen LogP contribution < -0.4 is 0 Å². The zero-order valence-corrected chi connectivity index (χ0v) is 21.1. The van der Waals surface area contributed by atoms with Crippen molar-refractivity contribution in [3.63, 3.8) is 0 Å². The van der Waals surface area contributed by atoms with Gasteiger partial charge >= 0.3 is 11.9 Å². The second kappa shape index (κ2) is 16.0. The van der Waals surface area contributed by atoms with Crippen LogP contribution in [0.25, 0.3) is 0 Å². The first-order valence-electron chi connectivity index (χ1n) is 12.3. The Morgan fingerprint density at radius 2 is 1.49 bits per heavy atom. The number of aliphatic hydroxyl groups is 1. The number of hydrogen-bond donors (Lipinski definition) is 3. The van der Waals surface area contributed by atoms with Crippen LogP contribution in [0.1, 0.15) is 90.7 Å². The minimum Gasteiger partial charge on any atom is -0.478 e. The van der Waals surface area contributed by atoms with Gasteiger partial charge in [-0.25, -0.2) is 9.59 Å². The Kier molecular flexibility index (Phi) is 12.9. The highest BCUT2D eigenvalue weighted by molar-refractivity contribution is 8.00. The SMILES string of the molecule is CCCCCCCCC/C=C\C=C\[C@@H](Sc1cccc(C(=O)O)c1)[C@@H](O)c1cccc(C(=O)O)c1. The van der Waals surface area contributed by atoms with Crippen LogP contribution in [-0.2, 0) is 0 Å². The zero-order chi connectivity index (χ0) is 25.5. The van der Waals surface area contributed by atoms with Crippen molar-refractivity contribution in [2.24, 2.45) is 0 Å². The lowest BCUT2D eigenvalue weighted by atomic mass is 10.0. The van der Waals surface area contributed by atoms with Crippen molar-refractivity contribution in [3.05, 3.63) is 89.5 Å². The minimum absolute atomic E-state index is 0.108. The van der Waals surface area contributed by atoms with Gasteiger partial charge in [0.2, 0.25) is 0 Å². The summed E-state index contributed by atoms with van der Waals surface area (Å²) in [5.41, 5.74) is 0.778. The lowest BCUT2D eigenvalue weighted by molar-refractivity contribution is 0.0685. The molecular formula is C29H36O5S. The molecule has 6 heteroatoms. The number of thioether (sulfide) groups is 1. The standard InChI is InChI=1S/C29H36O5S/c1-2-3-4-5-6-7-8-9-10-11-12-19-26(35-25-18-14-17-24(21-25)29(33)34)27(30)22-15-13-16-23(20-22)28(31)32/h10-21,26-27,30H,2-9H2,1H3,(H,31,32)(H,33,34)/b11-10-,19-12+/t26-,27+/m1/s1. The average Bonchev–Trinajstić information content (AvgIpc) is 2.86. The number of aliphatic hydroxyl groups excluding tert-OH is 1. The van der Waals surface area contributed by atoms with Crippen LogP contribution in [0.5, 0.6) is 0 Å². The number of benzene rings is 2. The Labute approximate surface area is 212 Å². The third-order valence-corrected chi connectivity index (χ3v) is 6.87. The van der Waals surface area contributed by atoms with E-state index in [4.69, 9.17) is 0 Å². The lowest BCUT2D eigenvalue weighted by Gasteiger charge is -2.20. The molecule has 0 fully saturated rings. The van der Waals surface area contributed by atoms with E-state index in [0.717, 1.165) is 12.8 Å². The van der Waals surface area contributed by atoms with E-state index in [9.17, 15) is 24.9 Å². The third-order valence-electron chi connectivity index (χ3n) is 5.66. The minimum atomic E-state index is -1.05. The van der Waals surface area contributed by atoms with Gasteiger partial charge in [-0.05, 0) is 48.7 Å². The Bertz CT molecular complexity index is 998. The molecule has 188 valence electrons. The molecule has 0 saturated heterocycles. The Morgan fingerprint density at radius 3 is 2.17 bits per heavy atom. The quantitative estimate of drug-likeness (QED) is 0.126. The lowest BCUT2D eigenvalue weighted by Crippen LogP contribution is -2.13. The van der Waals surface area contributed by atoms with Crippen molar-refractivity contribution in [1.29, 1.82) is 0 Å². The second-order valence-electron chi connectivity index (χ2n) is 8.51. The molecule has 0 unspecified atom stereocenters. The third kappa shape index (κ3) is 10.5. The van der Waals surface area contributed by atoms with E-state index in [0.29, 0.717) is 10.5 Å². The summed E-state index contributed by atoms with van der Waals surface area (Å²) in [7, 11) is 0. The maximum absolute atomic E-state index is 11.4. The first kappa shape index (κ1) is 28.4. The van der Waals surface area contributed by atoms with E-state index in [2.05, 4.69) is 13.0 Å². The number of carboxylic acids is 2. The van der Waals surface area contributed by atoms with Gasteiger partial charge in [0.25, 0.3) is 0 Å². The number of hydrogen-bond acceptors (Lipinski definition) is 4. The van der Waals surface area contributed by atoms with Crippen molar-refractivity contribution >= 4 is 23.7 Å². The summed E-state index contributed by atoms with van der Waals surface area (Å²) < 4.78 is 0. The number of allylic oxidation sites excluding steroid dienone is 3. The second-order valence-corrected chi connectivity index (χ2v) is 9.77. The summed E-state index contributed by atoms with van der Waals surface area (Å²) in [5.74, 6) is -2.07. The van der Waals surface area contributed by atoms with Gasteiger partial charge in [0, 0.05) is 4.90 Å². The van der Waals surface area contributed by atoms with Crippen LogP contribution in [0.15, 0.2) is 77.7 Å².